The highest BCUT2D eigenvalue weighted by atomic mass is 35.5. The van der Waals surface area contributed by atoms with Gasteiger partial charge in [-0.05, 0) is 37.8 Å². The Balaban J connectivity index is 1.14. The second-order valence-electron chi connectivity index (χ2n) is 13.3. The molecule has 2 aromatic heterocycles. The largest absolute Gasteiger partial charge is 0.463 e. The van der Waals surface area contributed by atoms with Crippen LogP contribution in [0.5, 0.6) is 0 Å². The molecule has 0 spiro atoms. The zero-order chi connectivity index (χ0) is 41.0. The molecule has 18 nitrogen and oxygen atoms in total. The maximum absolute atomic E-state index is 13.0. The number of carbonyl (C=O) groups is 3. The van der Waals surface area contributed by atoms with Crippen LogP contribution in [0.15, 0.2) is 30.5 Å². The quantitative estimate of drug-likeness (QED) is 0.0480. The number of methoxy groups -OCH3 is 1. The summed E-state index contributed by atoms with van der Waals surface area (Å²) in [6.45, 7) is 12.3. The van der Waals surface area contributed by atoms with E-state index in [0.717, 1.165) is 24.5 Å². The number of esters is 1. The molecule has 314 valence electrons. The molecular formula is C37H53ClN8O10S. The lowest BCUT2D eigenvalue weighted by molar-refractivity contribution is -0.343. The Bertz CT molecular complexity index is 1690. The number of nitrogens with one attached hydrogen (secondary N) is 3. The first-order chi connectivity index (χ1) is 27.5. The normalized spacial score (nSPS) is 13.8. The van der Waals surface area contributed by atoms with Gasteiger partial charge in [0.25, 0.3) is 5.91 Å². The molecule has 1 fully saturated rings. The minimum absolute atomic E-state index is 0.101. The summed E-state index contributed by atoms with van der Waals surface area (Å²) in [5, 5.41) is 9.78. The standard InChI is InChI=1S/C37H53ClN8O10S/c1-25(2)21-29(42-33(47)24-51-16-18-54-56-20-19-55-53-17-15-50-5)36(49)52-14-13-45-9-11-46(12-10-45)32-22-31(40-27(4)41-32)43-37-39-23-30(57-37)35(48)44-34-26(3)7-6-8-28(34)38/h6-8,22-23,25,29H,9-21,24H2,1-5H3,(H,42,47)(H,44,48)(H,39,40,41,43)/t29-/m0/s1. The first-order valence-corrected chi connectivity index (χ1v) is 19.9. The Morgan fingerprint density at radius 1 is 0.930 bits per heavy atom. The Morgan fingerprint density at radius 3 is 2.32 bits per heavy atom. The van der Waals surface area contributed by atoms with Gasteiger partial charge in [0.15, 0.2) is 5.13 Å². The number of hydrogen-bond acceptors (Lipinski definition) is 17. The van der Waals surface area contributed by atoms with Crippen molar-refractivity contribution in [2.45, 2.75) is 40.2 Å². The van der Waals surface area contributed by atoms with Crippen molar-refractivity contribution in [2.24, 2.45) is 5.92 Å². The Morgan fingerprint density at radius 2 is 1.63 bits per heavy atom. The minimum Gasteiger partial charge on any atom is -0.463 e. The van der Waals surface area contributed by atoms with Gasteiger partial charge in [-0.2, -0.15) is 0 Å². The number of rotatable bonds is 25. The number of carbonyl (C=O) groups excluding carboxylic acids is 3. The van der Waals surface area contributed by atoms with E-state index in [9.17, 15) is 14.4 Å². The van der Waals surface area contributed by atoms with Crippen molar-refractivity contribution in [3.8, 4) is 0 Å². The highest BCUT2D eigenvalue weighted by Gasteiger charge is 2.25. The summed E-state index contributed by atoms with van der Waals surface area (Å²) in [6.07, 6.45) is 1.94. The van der Waals surface area contributed by atoms with E-state index in [1.54, 1.807) is 13.2 Å². The zero-order valence-electron chi connectivity index (χ0n) is 33.0. The number of aromatic nitrogens is 3. The first kappa shape index (κ1) is 45.6. The van der Waals surface area contributed by atoms with E-state index in [0.29, 0.717) is 71.6 Å². The van der Waals surface area contributed by atoms with Crippen molar-refractivity contribution in [1.29, 1.82) is 0 Å². The number of thiazole rings is 1. The van der Waals surface area contributed by atoms with Crippen molar-refractivity contribution in [3.05, 3.63) is 51.7 Å². The van der Waals surface area contributed by atoms with Gasteiger partial charge in [0, 0.05) is 45.9 Å². The van der Waals surface area contributed by atoms with Gasteiger partial charge in [-0.25, -0.2) is 39.3 Å². The number of para-hydroxylation sites is 1. The van der Waals surface area contributed by atoms with Gasteiger partial charge in [-0.15, -0.1) is 0 Å². The summed E-state index contributed by atoms with van der Waals surface area (Å²) in [5.74, 6) is 0.840. The van der Waals surface area contributed by atoms with E-state index in [1.807, 2.05) is 45.9 Å². The number of ether oxygens (including phenoxy) is 3. The second-order valence-corrected chi connectivity index (χ2v) is 14.7. The summed E-state index contributed by atoms with van der Waals surface area (Å²) in [6, 6.07) is 6.50. The van der Waals surface area contributed by atoms with Crippen molar-refractivity contribution in [1.82, 2.24) is 25.2 Å². The van der Waals surface area contributed by atoms with Gasteiger partial charge < -0.3 is 35.1 Å². The number of nitrogens with zero attached hydrogens (tertiary/aromatic N) is 5. The van der Waals surface area contributed by atoms with E-state index in [1.165, 1.54) is 17.5 Å². The smallest absolute Gasteiger partial charge is 0.328 e. The molecule has 1 aromatic carbocycles. The number of amides is 2. The molecule has 0 radical (unpaired) electrons. The van der Waals surface area contributed by atoms with Crippen LogP contribution in [0.2, 0.25) is 5.02 Å². The number of aryl methyl sites for hydroxylation is 2. The fourth-order valence-electron chi connectivity index (χ4n) is 5.47. The topological polar surface area (TPSA) is 197 Å². The number of halogens is 1. The molecule has 0 aliphatic carbocycles. The summed E-state index contributed by atoms with van der Waals surface area (Å²) >= 11 is 7.48. The van der Waals surface area contributed by atoms with Crippen LogP contribution in [0, 0.1) is 19.8 Å². The number of piperazine rings is 1. The van der Waals surface area contributed by atoms with Crippen molar-refractivity contribution >= 4 is 63.2 Å². The van der Waals surface area contributed by atoms with Gasteiger partial charge in [0.1, 0.15) is 68.0 Å². The van der Waals surface area contributed by atoms with Crippen LogP contribution in [0.4, 0.5) is 22.5 Å². The highest BCUT2D eigenvalue weighted by Crippen LogP contribution is 2.28. The fourth-order valence-corrected chi connectivity index (χ4v) is 6.45. The molecule has 3 aromatic rings. The summed E-state index contributed by atoms with van der Waals surface area (Å²) < 4.78 is 15.8. The molecule has 20 heteroatoms. The Hall–Kier alpha value is -4.05. The molecule has 1 aliphatic rings. The molecular weight excluding hydrogens is 784 g/mol. The van der Waals surface area contributed by atoms with Crippen molar-refractivity contribution < 1.29 is 48.1 Å². The van der Waals surface area contributed by atoms with Crippen LogP contribution < -0.4 is 20.9 Å². The monoisotopic (exact) mass is 836 g/mol. The number of anilines is 4. The molecule has 1 aliphatic heterocycles. The third-order valence-corrected chi connectivity index (χ3v) is 9.48. The third kappa shape index (κ3) is 16.4. The molecule has 4 rings (SSSR count). The lowest BCUT2D eigenvalue weighted by Crippen LogP contribution is -2.48. The lowest BCUT2D eigenvalue weighted by atomic mass is 10.0. The highest BCUT2D eigenvalue weighted by molar-refractivity contribution is 7.17. The average molecular weight is 837 g/mol. The maximum atomic E-state index is 13.0. The van der Waals surface area contributed by atoms with E-state index in [4.69, 9.17) is 45.4 Å². The molecule has 57 heavy (non-hydrogen) atoms. The van der Waals surface area contributed by atoms with Gasteiger partial charge in [0.05, 0.1) is 30.1 Å². The van der Waals surface area contributed by atoms with Gasteiger partial charge >= 0.3 is 5.97 Å². The SMILES string of the molecule is COCCOOCCOOCCOCC(=O)N[C@@H](CC(C)C)C(=O)OCCN1CCN(c2cc(Nc3ncc(C(=O)Nc4c(C)cccc4Cl)s3)nc(C)n2)CC1. The van der Waals surface area contributed by atoms with Gasteiger partial charge in [-0.3, -0.25) is 14.5 Å². The molecule has 0 bridgehead atoms. The van der Waals surface area contributed by atoms with Crippen LogP contribution >= 0.6 is 22.9 Å². The molecule has 0 unspecified atom stereocenters. The molecule has 1 atom stereocenters. The molecule has 0 saturated carbocycles. The van der Waals surface area contributed by atoms with E-state index in [-0.39, 0.29) is 51.5 Å². The second kappa shape index (κ2) is 24.7. The minimum atomic E-state index is -0.793. The molecule has 1 saturated heterocycles. The summed E-state index contributed by atoms with van der Waals surface area (Å²) in [4.78, 5) is 76.4. The maximum Gasteiger partial charge on any atom is 0.328 e. The van der Waals surface area contributed by atoms with E-state index in [2.05, 4.69) is 40.7 Å². The third-order valence-electron chi connectivity index (χ3n) is 8.26. The van der Waals surface area contributed by atoms with Crippen LogP contribution in [0.1, 0.15) is 41.3 Å². The molecule has 2 amide bonds. The van der Waals surface area contributed by atoms with Crippen molar-refractivity contribution in [2.75, 3.05) is 108 Å². The van der Waals surface area contributed by atoms with Crippen molar-refractivity contribution in [3.63, 3.8) is 0 Å². The van der Waals surface area contributed by atoms with Crippen LogP contribution in [0.25, 0.3) is 0 Å². The van der Waals surface area contributed by atoms with Crippen LogP contribution in [-0.4, -0.2) is 136 Å². The number of benzene rings is 1. The van der Waals surface area contributed by atoms with Gasteiger partial charge in [0.2, 0.25) is 5.91 Å². The fraction of sp³-hybridized carbons (Fsp3) is 0.568. The van der Waals surface area contributed by atoms with Crippen LogP contribution in [0.3, 0.4) is 0 Å². The lowest BCUT2D eigenvalue weighted by Gasteiger charge is -2.35. The van der Waals surface area contributed by atoms with E-state index < -0.39 is 17.9 Å². The summed E-state index contributed by atoms with van der Waals surface area (Å²) in [5.41, 5.74) is 1.43. The van der Waals surface area contributed by atoms with Crippen LogP contribution in [-0.2, 0) is 43.3 Å². The summed E-state index contributed by atoms with van der Waals surface area (Å²) in [7, 11) is 1.56. The Labute approximate surface area is 341 Å². The molecule has 3 N–H and O–H groups in total. The average Bonchev–Trinajstić information content (AvgIpc) is 3.65. The van der Waals surface area contributed by atoms with E-state index >= 15 is 0 Å². The predicted octanol–water partition coefficient (Wildman–Crippen LogP) is 3.95. The zero-order valence-corrected chi connectivity index (χ0v) is 34.6. The molecule has 3 heterocycles. The first-order valence-electron chi connectivity index (χ1n) is 18.7. The van der Waals surface area contributed by atoms with Gasteiger partial charge in [-0.1, -0.05) is 48.9 Å². The number of hydrogen-bond donors (Lipinski definition) is 3. The Kier molecular flexibility index (Phi) is 19.7. The predicted molar refractivity (Wildman–Crippen MR) is 214 cm³/mol.